The molecule has 0 aromatic heterocycles. The van der Waals surface area contributed by atoms with Gasteiger partial charge in [-0.15, -0.1) is 0 Å². The van der Waals surface area contributed by atoms with Gasteiger partial charge in [-0.05, 0) is 50.3 Å². The molecule has 0 unspecified atom stereocenters. The zero-order valence-electron chi connectivity index (χ0n) is 15.5. The molecule has 1 aliphatic rings. The predicted octanol–water partition coefficient (Wildman–Crippen LogP) is 5.04. The van der Waals surface area contributed by atoms with Crippen molar-refractivity contribution in [1.29, 1.82) is 0 Å². The summed E-state index contributed by atoms with van der Waals surface area (Å²) in [6, 6.07) is 3.90. The number of aryl methyl sites for hydroxylation is 2. The molecule has 25 heavy (non-hydrogen) atoms. The van der Waals surface area contributed by atoms with Gasteiger partial charge >= 0.3 is 5.97 Å². The van der Waals surface area contributed by atoms with Crippen LogP contribution < -0.4 is 0 Å². The first-order chi connectivity index (χ1) is 12.0. The van der Waals surface area contributed by atoms with Gasteiger partial charge in [0.2, 0.25) is 0 Å². The van der Waals surface area contributed by atoms with Crippen LogP contribution >= 0.6 is 0 Å². The first kappa shape index (κ1) is 19.2. The summed E-state index contributed by atoms with van der Waals surface area (Å²) in [5, 5.41) is 0. The summed E-state index contributed by atoms with van der Waals surface area (Å²) >= 11 is 0. The maximum atomic E-state index is 12.8. The van der Waals surface area contributed by atoms with E-state index < -0.39 is 0 Å². The number of esters is 1. The van der Waals surface area contributed by atoms with Crippen LogP contribution in [0.15, 0.2) is 36.4 Å². The molecule has 0 saturated carbocycles. The third kappa shape index (κ3) is 5.70. The van der Waals surface area contributed by atoms with Crippen molar-refractivity contribution in [2.75, 3.05) is 0 Å². The predicted molar refractivity (Wildman–Crippen MR) is 101 cm³/mol. The van der Waals surface area contributed by atoms with E-state index in [1.807, 2.05) is 32.1 Å². The van der Waals surface area contributed by atoms with E-state index in [-0.39, 0.29) is 24.3 Å². The van der Waals surface area contributed by atoms with Crippen LogP contribution in [0.1, 0.15) is 66.1 Å². The molecule has 0 spiro atoms. The average molecular weight is 340 g/mol. The van der Waals surface area contributed by atoms with Crippen molar-refractivity contribution in [1.82, 2.24) is 0 Å². The lowest BCUT2D eigenvalue weighted by atomic mass is 9.95. The minimum atomic E-state index is -0.312. The first-order valence-electron chi connectivity index (χ1n) is 9.16. The Morgan fingerprint density at radius 3 is 2.60 bits per heavy atom. The van der Waals surface area contributed by atoms with Gasteiger partial charge in [-0.2, -0.15) is 0 Å². The molecule has 3 heteroatoms. The number of fused-ring (bicyclic) bond motifs is 1. The Balaban J connectivity index is 2.40. The summed E-state index contributed by atoms with van der Waals surface area (Å²) in [6.45, 7) is 5.98. The minimum Gasteiger partial charge on any atom is -0.458 e. The van der Waals surface area contributed by atoms with Crippen LogP contribution in [0.4, 0.5) is 0 Å². The molecule has 0 radical (unpaired) electrons. The van der Waals surface area contributed by atoms with E-state index in [9.17, 15) is 9.59 Å². The number of ether oxygens (including phenoxy) is 1. The van der Waals surface area contributed by atoms with Crippen LogP contribution in [0.25, 0.3) is 0 Å². The summed E-state index contributed by atoms with van der Waals surface area (Å²) < 4.78 is 5.80. The Morgan fingerprint density at radius 1 is 1.08 bits per heavy atom. The van der Waals surface area contributed by atoms with Crippen molar-refractivity contribution in [2.45, 2.75) is 65.4 Å². The zero-order valence-corrected chi connectivity index (χ0v) is 15.5. The molecule has 1 aromatic rings. The Hall–Kier alpha value is -2.16. The highest BCUT2D eigenvalue weighted by atomic mass is 16.5. The number of benzene rings is 1. The molecule has 0 N–H and O–H groups in total. The van der Waals surface area contributed by atoms with Crippen molar-refractivity contribution in [3.05, 3.63) is 58.7 Å². The Morgan fingerprint density at radius 2 is 1.84 bits per heavy atom. The molecule has 0 saturated heterocycles. The van der Waals surface area contributed by atoms with Gasteiger partial charge < -0.3 is 4.74 Å². The lowest BCUT2D eigenvalue weighted by Crippen LogP contribution is -2.20. The van der Waals surface area contributed by atoms with Crippen molar-refractivity contribution < 1.29 is 14.3 Å². The van der Waals surface area contributed by atoms with E-state index in [0.717, 1.165) is 48.8 Å². The number of cyclic esters (lactones) is 1. The molecule has 1 aromatic carbocycles. The monoisotopic (exact) mass is 340 g/mol. The van der Waals surface area contributed by atoms with Gasteiger partial charge in [0, 0.05) is 12.8 Å². The van der Waals surface area contributed by atoms with Crippen molar-refractivity contribution in [3.8, 4) is 0 Å². The van der Waals surface area contributed by atoms with Gasteiger partial charge in [-0.3, -0.25) is 4.79 Å². The molecule has 1 atom stereocenters. The molecule has 0 fully saturated rings. The van der Waals surface area contributed by atoms with Crippen molar-refractivity contribution in [2.24, 2.45) is 0 Å². The maximum absolute atomic E-state index is 12.8. The smallest absolute Gasteiger partial charge is 0.338 e. The largest absolute Gasteiger partial charge is 0.458 e. The van der Waals surface area contributed by atoms with E-state index in [2.05, 4.69) is 19.1 Å². The first-order valence-corrected chi connectivity index (χ1v) is 9.16. The number of allylic oxidation sites excluding steroid dienone is 3. The molecule has 134 valence electrons. The molecular weight excluding hydrogens is 312 g/mol. The number of hydrogen-bond donors (Lipinski definition) is 0. The highest BCUT2D eigenvalue weighted by Gasteiger charge is 2.21. The molecule has 1 heterocycles. The summed E-state index contributed by atoms with van der Waals surface area (Å²) in [7, 11) is 0. The second-order valence-electron chi connectivity index (χ2n) is 6.76. The fourth-order valence-electron chi connectivity index (χ4n) is 3.26. The normalized spacial score (nSPS) is 21.8. The minimum absolute atomic E-state index is 0.0187. The lowest BCUT2D eigenvalue weighted by Gasteiger charge is -2.19. The average Bonchev–Trinajstić information content (AvgIpc) is 2.52. The fourth-order valence-corrected chi connectivity index (χ4v) is 3.26. The Kier molecular flexibility index (Phi) is 7.17. The van der Waals surface area contributed by atoms with Gasteiger partial charge in [-0.1, -0.05) is 49.3 Å². The third-order valence-corrected chi connectivity index (χ3v) is 4.38. The van der Waals surface area contributed by atoms with Crippen molar-refractivity contribution in [3.63, 3.8) is 0 Å². The van der Waals surface area contributed by atoms with Gasteiger partial charge in [0.1, 0.15) is 6.10 Å². The quantitative estimate of drug-likeness (QED) is 0.560. The number of ketones is 1. The lowest BCUT2D eigenvalue weighted by molar-refractivity contribution is -0.114. The van der Waals surface area contributed by atoms with Crippen LogP contribution in [0, 0.1) is 13.8 Å². The fraction of sp³-hybridized carbons (Fsp3) is 0.455. The van der Waals surface area contributed by atoms with Crippen LogP contribution in [0.2, 0.25) is 0 Å². The second-order valence-corrected chi connectivity index (χ2v) is 6.76. The Labute approximate surface area is 150 Å². The molecule has 1 aliphatic heterocycles. The summed E-state index contributed by atoms with van der Waals surface area (Å²) in [5.41, 5.74) is 3.24. The summed E-state index contributed by atoms with van der Waals surface area (Å²) in [5.74, 6) is -0.293. The SMILES string of the molecule is CCC[C@@H]1C/C=C/CC/C=C/C(=O)Cc2cc(C)cc(C)c2C(=O)O1. The van der Waals surface area contributed by atoms with Crippen LogP contribution in [-0.2, 0) is 16.0 Å². The van der Waals surface area contributed by atoms with E-state index in [1.165, 1.54) is 0 Å². The number of carbonyl (C=O) groups is 2. The van der Waals surface area contributed by atoms with Crippen molar-refractivity contribution >= 4 is 11.8 Å². The molecule has 0 amide bonds. The number of hydrogen-bond acceptors (Lipinski definition) is 3. The maximum Gasteiger partial charge on any atom is 0.338 e. The van der Waals surface area contributed by atoms with E-state index in [0.29, 0.717) is 5.56 Å². The van der Waals surface area contributed by atoms with Gasteiger partial charge in [0.25, 0.3) is 0 Å². The summed E-state index contributed by atoms with van der Waals surface area (Å²) in [6.07, 6.45) is 12.1. The topological polar surface area (TPSA) is 43.4 Å². The third-order valence-electron chi connectivity index (χ3n) is 4.38. The standard InChI is InChI=1S/C22H28O3/c1-4-10-20-12-9-7-5-6-8-11-19(23)15-18-14-16(2)13-17(3)21(18)22(24)25-20/h7-9,11,13-14,20H,4-6,10,12,15H2,1-3H3/b9-7+,11-8+/t20-/m1/s1. The Bertz CT molecular complexity index is 683. The van der Waals surface area contributed by atoms with Crippen LogP contribution in [0.3, 0.4) is 0 Å². The van der Waals surface area contributed by atoms with Gasteiger partial charge in [-0.25, -0.2) is 4.79 Å². The zero-order chi connectivity index (χ0) is 18.2. The molecule has 0 bridgehead atoms. The van der Waals surface area contributed by atoms with Gasteiger partial charge in [0.15, 0.2) is 5.78 Å². The molecule has 3 nitrogen and oxygen atoms in total. The highest BCUT2D eigenvalue weighted by Crippen LogP contribution is 2.22. The van der Waals surface area contributed by atoms with E-state index >= 15 is 0 Å². The number of carbonyl (C=O) groups excluding carboxylic acids is 2. The molecule has 0 aliphatic carbocycles. The second kappa shape index (κ2) is 9.36. The van der Waals surface area contributed by atoms with Crippen LogP contribution in [-0.4, -0.2) is 17.9 Å². The van der Waals surface area contributed by atoms with E-state index in [4.69, 9.17) is 4.74 Å². The molecule has 2 rings (SSSR count). The van der Waals surface area contributed by atoms with E-state index in [1.54, 1.807) is 6.08 Å². The molecular formula is C22H28O3. The van der Waals surface area contributed by atoms with Gasteiger partial charge in [0.05, 0.1) is 5.56 Å². The van der Waals surface area contributed by atoms with Crippen LogP contribution in [0.5, 0.6) is 0 Å². The number of rotatable bonds is 2. The summed E-state index contributed by atoms with van der Waals surface area (Å²) in [4.78, 5) is 25.1. The highest BCUT2D eigenvalue weighted by molar-refractivity contribution is 5.97.